The molecule has 4 N–H and O–H groups in total. The lowest BCUT2D eigenvalue weighted by Crippen LogP contribution is -2.46. The molecular weight excluding hydrogens is 406 g/mol. The van der Waals surface area contributed by atoms with Crippen molar-refractivity contribution in [2.24, 2.45) is 5.92 Å². The quantitative estimate of drug-likeness (QED) is 0.560. The number of carbonyl (C=O) groups excluding carboxylic acids is 3. The lowest BCUT2D eigenvalue weighted by Gasteiger charge is -2.32. The molecule has 1 atom stereocenters. The fraction of sp³-hybridized carbons (Fsp3) is 0.375. The zero-order valence-corrected chi connectivity index (χ0v) is 18.8. The molecule has 0 bridgehead atoms. The van der Waals surface area contributed by atoms with Gasteiger partial charge in [0.1, 0.15) is 0 Å². The van der Waals surface area contributed by atoms with E-state index in [0.29, 0.717) is 31.0 Å². The number of nitrogens with zero attached hydrogens (tertiary/aromatic N) is 1. The molecule has 2 aromatic rings. The number of aryl methyl sites for hydroxylation is 2. The number of anilines is 3. The van der Waals surface area contributed by atoms with Crippen LogP contribution in [-0.4, -0.2) is 42.5 Å². The molecule has 2 aromatic carbocycles. The summed E-state index contributed by atoms with van der Waals surface area (Å²) in [5.74, 6) is -0.170. The molecule has 32 heavy (non-hydrogen) atoms. The maximum absolute atomic E-state index is 12.6. The van der Waals surface area contributed by atoms with E-state index < -0.39 is 0 Å². The molecule has 0 aliphatic carbocycles. The summed E-state index contributed by atoms with van der Waals surface area (Å²) in [6.45, 7) is 7.53. The number of amides is 5. The summed E-state index contributed by atoms with van der Waals surface area (Å²) in [7, 11) is 0. The number of urea groups is 2. The molecule has 0 aromatic heterocycles. The van der Waals surface area contributed by atoms with Crippen molar-refractivity contribution in [1.29, 1.82) is 0 Å². The van der Waals surface area contributed by atoms with E-state index in [1.807, 2.05) is 39.0 Å². The van der Waals surface area contributed by atoms with Crippen LogP contribution in [0.3, 0.4) is 0 Å². The topological polar surface area (TPSA) is 103 Å². The maximum atomic E-state index is 12.6. The van der Waals surface area contributed by atoms with Crippen molar-refractivity contribution in [3.63, 3.8) is 0 Å². The molecule has 0 saturated carbocycles. The van der Waals surface area contributed by atoms with Crippen LogP contribution in [0, 0.1) is 19.8 Å². The summed E-state index contributed by atoms with van der Waals surface area (Å²) in [4.78, 5) is 38.6. The normalized spacial score (nSPS) is 15.6. The average molecular weight is 438 g/mol. The number of hydrogen-bond donors (Lipinski definition) is 4. The predicted molar refractivity (Wildman–Crippen MR) is 127 cm³/mol. The van der Waals surface area contributed by atoms with E-state index in [-0.39, 0.29) is 23.9 Å². The van der Waals surface area contributed by atoms with Gasteiger partial charge in [-0.1, -0.05) is 6.07 Å². The van der Waals surface area contributed by atoms with E-state index in [1.165, 1.54) is 0 Å². The van der Waals surface area contributed by atoms with E-state index in [9.17, 15) is 14.4 Å². The van der Waals surface area contributed by atoms with Gasteiger partial charge in [0, 0.05) is 36.7 Å². The van der Waals surface area contributed by atoms with Crippen LogP contribution in [0.25, 0.3) is 0 Å². The van der Waals surface area contributed by atoms with Crippen molar-refractivity contribution in [2.45, 2.75) is 33.6 Å². The molecule has 5 amide bonds. The molecule has 3 rings (SSSR count). The fourth-order valence-electron chi connectivity index (χ4n) is 3.65. The van der Waals surface area contributed by atoms with E-state index in [0.717, 1.165) is 29.7 Å². The third-order valence-corrected chi connectivity index (χ3v) is 5.59. The Morgan fingerprint density at radius 3 is 2.19 bits per heavy atom. The van der Waals surface area contributed by atoms with Gasteiger partial charge >= 0.3 is 12.1 Å². The van der Waals surface area contributed by atoms with Gasteiger partial charge in [0.25, 0.3) is 0 Å². The van der Waals surface area contributed by atoms with Crippen LogP contribution in [0.15, 0.2) is 42.5 Å². The first-order valence-electron chi connectivity index (χ1n) is 10.9. The van der Waals surface area contributed by atoms with Gasteiger partial charge in [-0.3, -0.25) is 4.79 Å². The molecule has 0 unspecified atom stereocenters. The maximum Gasteiger partial charge on any atom is 0.323 e. The van der Waals surface area contributed by atoms with Gasteiger partial charge in [-0.15, -0.1) is 0 Å². The summed E-state index contributed by atoms with van der Waals surface area (Å²) in [5.41, 5.74) is 4.22. The summed E-state index contributed by atoms with van der Waals surface area (Å²) < 4.78 is 0. The second-order valence-corrected chi connectivity index (χ2v) is 8.07. The molecule has 1 fully saturated rings. The molecule has 1 heterocycles. The first-order chi connectivity index (χ1) is 15.4. The lowest BCUT2D eigenvalue weighted by molar-refractivity contribution is -0.126. The Balaban J connectivity index is 1.51. The molecular formula is C24H31N5O3. The number of rotatable bonds is 5. The summed E-state index contributed by atoms with van der Waals surface area (Å²) in [6.07, 6.45) is 1.59. The van der Waals surface area contributed by atoms with Gasteiger partial charge in [0.2, 0.25) is 5.91 Å². The van der Waals surface area contributed by atoms with Gasteiger partial charge in [-0.25, -0.2) is 9.59 Å². The van der Waals surface area contributed by atoms with Crippen LogP contribution in [0.1, 0.15) is 30.9 Å². The SMILES string of the molecule is CCNC(=O)[C@@H]1CCCN(C(=O)Nc2ccc(NC(=O)Nc3ccc(C)c(C)c3)cc2)C1. The molecule has 0 radical (unpaired) electrons. The van der Waals surface area contributed by atoms with Crippen LogP contribution in [0.4, 0.5) is 26.7 Å². The Hall–Kier alpha value is -3.55. The monoisotopic (exact) mass is 437 g/mol. The molecule has 1 aliphatic rings. The molecule has 0 spiro atoms. The second kappa shape index (κ2) is 10.7. The minimum atomic E-state index is -0.338. The third-order valence-electron chi connectivity index (χ3n) is 5.59. The van der Waals surface area contributed by atoms with Crippen LogP contribution in [-0.2, 0) is 4.79 Å². The highest BCUT2D eigenvalue weighted by Crippen LogP contribution is 2.20. The second-order valence-electron chi connectivity index (χ2n) is 8.07. The molecule has 8 nitrogen and oxygen atoms in total. The van der Waals surface area contributed by atoms with Crippen LogP contribution in [0.5, 0.6) is 0 Å². The Labute approximate surface area is 188 Å². The van der Waals surface area contributed by atoms with Crippen molar-refractivity contribution in [2.75, 3.05) is 35.6 Å². The Bertz CT molecular complexity index is 974. The molecule has 170 valence electrons. The third kappa shape index (κ3) is 6.23. The highest BCUT2D eigenvalue weighted by molar-refractivity contribution is 6.00. The van der Waals surface area contributed by atoms with E-state index in [4.69, 9.17) is 0 Å². The minimum absolute atomic E-state index is 0.000461. The summed E-state index contributed by atoms with van der Waals surface area (Å²) in [5, 5.41) is 11.3. The van der Waals surface area contributed by atoms with Gasteiger partial charge in [-0.2, -0.15) is 0 Å². The predicted octanol–water partition coefficient (Wildman–Crippen LogP) is 4.33. The Kier molecular flexibility index (Phi) is 7.70. The zero-order chi connectivity index (χ0) is 23.1. The van der Waals surface area contributed by atoms with E-state index >= 15 is 0 Å². The highest BCUT2D eigenvalue weighted by atomic mass is 16.2. The molecule has 1 saturated heterocycles. The fourth-order valence-corrected chi connectivity index (χ4v) is 3.65. The highest BCUT2D eigenvalue weighted by Gasteiger charge is 2.28. The number of hydrogen-bond acceptors (Lipinski definition) is 3. The Morgan fingerprint density at radius 1 is 0.906 bits per heavy atom. The summed E-state index contributed by atoms with van der Waals surface area (Å²) in [6, 6.07) is 12.1. The van der Waals surface area contributed by atoms with Crippen LogP contribution in [0.2, 0.25) is 0 Å². The number of benzene rings is 2. The molecule has 8 heteroatoms. The molecule has 1 aliphatic heterocycles. The number of likely N-dealkylation sites (tertiary alicyclic amines) is 1. The number of carbonyl (C=O) groups is 3. The smallest absolute Gasteiger partial charge is 0.323 e. The van der Waals surface area contributed by atoms with Gasteiger partial charge in [0.05, 0.1) is 5.92 Å². The van der Waals surface area contributed by atoms with Crippen molar-refractivity contribution < 1.29 is 14.4 Å². The van der Waals surface area contributed by atoms with Gasteiger partial charge < -0.3 is 26.2 Å². The standard InChI is InChI=1S/C24H31N5O3/c1-4-25-22(30)18-6-5-13-29(15-18)24(32)28-20-11-9-19(10-12-20)26-23(31)27-21-8-7-16(2)17(3)14-21/h7-12,14,18H,4-6,13,15H2,1-3H3,(H,25,30)(H,28,32)(H2,26,27,31)/t18-/m1/s1. The first kappa shape index (κ1) is 23.1. The van der Waals surface area contributed by atoms with E-state index in [1.54, 1.807) is 29.2 Å². The van der Waals surface area contributed by atoms with Gasteiger partial charge in [-0.05, 0) is 81.1 Å². The minimum Gasteiger partial charge on any atom is -0.356 e. The zero-order valence-electron chi connectivity index (χ0n) is 18.8. The van der Waals surface area contributed by atoms with Crippen LogP contribution >= 0.6 is 0 Å². The van der Waals surface area contributed by atoms with Gasteiger partial charge in [0.15, 0.2) is 0 Å². The first-order valence-corrected chi connectivity index (χ1v) is 10.9. The van der Waals surface area contributed by atoms with E-state index in [2.05, 4.69) is 21.3 Å². The average Bonchev–Trinajstić information content (AvgIpc) is 2.78. The van der Waals surface area contributed by atoms with Crippen molar-refractivity contribution in [1.82, 2.24) is 10.2 Å². The number of piperidine rings is 1. The number of nitrogens with one attached hydrogen (secondary N) is 4. The van der Waals surface area contributed by atoms with Crippen LogP contribution < -0.4 is 21.3 Å². The lowest BCUT2D eigenvalue weighted by atomic mass is 9.97. The summed E-state index contributed by atoms with van der Waals surface area (Å²) >= 11 is 0. The largest absolute Gasteiger partial charge is 0.356 e. The van der Waals surface area contributed by atoms with Crippen molar-refractivity contribution in [3.05, 3.63) is 53.6 Å². The van der Waals surface area contributed by atoms with Crippen molar-refractivity contribution in [3.8, 4) is 0 Å². The Morgan fingerprint density at radius 2 is 1.53 bits per heavy atom. The van der Waals surface area contributed by atoms with Crippen molar-refractivity contribution >= 4 is 35.0 Å².